The molecule has 1 aromatic rings. The van der Waals surface area contributed by atoms with Crippen LogP contribution in [0.25, 0.3) is 0 Å². The van der Waals surface area contributed by atoms with Crippen molar-refractivity contribution < 1.29 is 19.5 Å². The number of rotatable bonds is 5. The Morgan fingerprint density at radius 3 is 2.35 bits per heavy atom. The summed E-state index contributed by atoms with van der Waals surface area (Å²) in [5.74, 6) is 0.234. The van der Waals surface area contributed by atoms with E-state index in [4.69, 9.17) is 14.7 Å². The lowest BCUT2D eigenvalue weighted by Crippen LogP contribution is -2.40. The SMILES string of the molecule is CCOC(=O)C(C)(C)Oc1c(C)cc(C=NO)cc1C. The molecule has 5 heteroatoms. The van der Waals surface area contributed by atoms with Gasteiger partial charge >= 0.3 is 5.97 Å². The molecule has 0 aliphatic rings. The summed E-state index contributed by atoms with van der Waals surface area (Å²) in [7, 11) is 0. The van der Waals surface area contributed by atoms with E-state index in [9.17, 15) is 4.79 Å². The first-order valence-electron chi connectivity index (χ1n) is 6.46. The van der Waals surface area contributed by atoms with Gasteiger partial charge in [0.1, 0.15) is 5.75 Å². The number of aryl methyl sites for hydroxylation is 2. The molecule has 0 radical (unpaired) electrons. The summed E-state index contributed by atoms with van der Waals surface area (Å²) >= 11 is 0. The first kappa shape index (κ1) is 16.0. The molecule has 0 saturated carbocycles. The van der Waals surface area contributed by atoms with Gasteiger partial charge in [0.05, 0.1) is 12.8 Å². The Kier molecular flexibility index (Phi) is 5.13. The lowest BCUT2D eigenvalue weighted by Gasteiger charge is -2.26. The van der Waals surface area contributed by atoms with Crippen molar-refractivity contribution in [2.24, 2.45) is 5.16 Å². The quantitative estimate of drug-likeness (QED) is 0.389. The largest absolute Gasteiger partial charge is 0.476 e. The van der Waals surface area contributed by atoms with Gasteiger partial charge in [-0.2, -0.15) is 0 Å². The third-order valence-electron chi connectivity index (χ3n) is 2.81. The molecular weight excluding hydrogens is 258 g/mol. The molecule has 0 aromatic heterocycles. The summed E-state index contributed by atoms with van der Waals surface area (Å²) in [5.41, 5.74) is 1.43. The topological polar surface area (TPSA) is 68.1 Å². The summed E-state index contributed by atoms with van der Waals surface area (Å²) in [6.45, 7) is 9.17. The Labute approximate surface area is 119 Å². The Hall–Kier alpha value is -2.04. The first-order chi connectivity index (χ1) is 9.31. The highest BCUT2D eigenvalue weighted by Gasteiger charge is 2.32. The molecule has 0 aliphatic carbocycles. The minimum Gasteiger partial charge on any atom is -0.476 e. The number of oxime groups is 1. The number of benzene rings is 1. The van der Waals surface area contributed by atoms with Crippen LogP contribution in [0, 0.1) is 13.8 Å². The average molecular weight is 279 g/mol. The van der Waals surface area contributed by atoms with Crippen LogP contribution in [0.4, 0.5) is 0 Å². The second-order valence-corrected chi connectivity index (χ2v) is 5.06. The van der Waals surface area contributed by atoms with Crippen molar-refractivity contribution >= 4 is 12.2 Å². The average Bonchev–Trinajstić information content (AvgIpc) is 2.34. The number of esters is 1. The highest BCUT2D eigenvalue weighted by atomic mass is 16.6. The van der Waals surface area contributed by atoms with E-state index in [-0.39, 0.29) is 0 Å². The molecule has 0 amide bonds. The van der Waals surface area contributed by atoms with Crippen LogP contribution in [0.5, 0.6) is 5.75 Å². The molecule has 0 atom stereocenters. The molecule has 0 unspecified atom stereocenters. The molecular formula is C15H21NO4. The van der Waals surface area contributed by atoms with Crippen LogP contribution in [-0.4, -0.2) is 29.6 Å². The van der Waals surface area contributed by atoms with Crippen LogP contribution in [-0.2, 0) is 9.53 Å². The third kappa shape index (κ3) is 3.73. The zero-order chi connectivity index (χ0) is 15.3. The summed E-state index contributed by atoms with van der Waals surface area (Å²) in [5, 5.41) is 11.6. The van der Waals surface area contributed by atoms with Gasteiger partial charge in [-0.3, -0.25) is 0 Å². The lowest BCUT2D eigenvalue weighted by molar-refractivity contribution is -0.158. The monoisotopic (exact) mass is 279 g/mol. The van der Waals surface area contributed by atoms with Gasteiger partial charge in [-0.25, -0.2) is 4.79 Å². The Morgan fingerprint density at radius 1 is 1.35 bits per heavy atom. The zero-order valence-corrected chi connectivity index (χ0v) is 12.6. The molecule has 0 saturated heterocycles. The van der Waals surface area contributed by atoms with Gasteiger partial charge in [-0.15, -0.1) is 0 Å². The maximum Gasteiger partial charge on any atom is 0.349 e. The normalized spacial score (nSPS) is 11.7. The number of ether oxygens (including phenoxy) is 2. The standard InChI is InChI=1S/C15H21NO4/c1-6-19-14(17)15(4,5)20-13-10(2)7-12(9-16-18)8-11(13)3/h7-9,18H,6H2,1-5H3. The summed E-state index contributed by atoms with van der Waals surface area (Å²) in [4.78, 5) is 11.9. The van der Waals surface area contributed by atoms with Crippen LogP contribution < -0.4 is 4.74 Å². The molecule has 0 heterocycles. The predicted octanol–water partition coefficient (Wildman–Crippen LogP) is 2.83. The van der Waals surface area contributed by atoms with Crippen molar-refractivity contribution in [2.75, 3.05) is 6.61 Å². The molecule has 0 bridgehead atoms. The predicted molar refractivity (Wildman–Crippen MR) is 76.6 cm³/mol. The molecule has 1 aromatic carbocycles. The fourth-order valence-electron chi connectivity index (χ4n) is 1.89. The number of nitrogens with zero attached hydrogens (tertiary/aromatic N) is 1. The first-order valence-corrected chi connectivity index (χ1v) is 6.46. The van der Waals surface area contributed by atoms with Crippen molar-refractivity contribution in [2.45, 2.75) is 40.2 Å². The number of carbonyl (C=O) groups is 1. The van der Waals surface area contributed by atoms with Gasteiger partial charge < -0.3 is 14.7 Å². The van der Waals surface area contributed by atoms with Gasteiger partial charge in [0.2, 0.25) is 0 Å². The fourth-order valence-corrected chi connectivity index (χ4v) is 1.89. The molecule has 20 heavy (non-hydrogen) atoms. The maximum atomic E-state index is 11.9. The van der Waals surface area contributed by atoms with E-state index in [1.807, 2.05) is 26.0 Å². The van der Waals surface area contributed by atoms with Crippen LogP contribution in [0.15, 0.2) is 17.3 Å². The Morgan fingerprint density at radius 2 is 1.90 bits per heavy atom. The smallest absolute Gasteiger partial charge is 0.349 e. The molecule has 1 rings (SSSR count). The minimum atomic E-state index is -1.06. The molecule has 0 aliphatic heterocycles. The van der Waals surface area contributed by atoms with Crippen molar-refractivity contribution in [3.05, 3.63) is 28.8 Å². The maximum absolute atomic E-state index is 11.9. The summed E-state index contributed by atoms with van der Waals surface area (Å²) < 4.78 is 10.8. The molecule has 0 spiro atoms. The minimum absolute atomic E-state index is 0.315. The number of hydrogen-bond donors (Lipinski definition) is 1. The highest BCUT2D eigenvalue weighted by Crippen LogP contribution is 2.28. The van der Waals surface area contributed by atoms with Crippen LogP contribution in [0.2, 0.25) is 0 Å². The van der Waals surface area contributed by atoms with E-state index in [1.165, 1.54) is 6.21 Å². The van der Waals surface area contributed by atoms with Crippen LogP contribution in [0.1, 0.15) is 37.5 Å². The third-order valence-corrected chi connectivity index (χ3v) is 2.81. The van der Waals surface area contributed by atoms with Gasteiger partial charge in [0.15, 0.2) is 5.60 Å². The van der Waals surface area contributed by atoms with Gasteiger partial charge in [0.25, 0.3) is 0 Å². The van der Waals surface area contributed by atoms with Gasteiger partial charge in [-0.05, 0) is 63.4 Å². The number of carbonyl (C=O) groups excluding carboxylic acids is 1. The Balaban J connectivity index is 3.06. The van der Waals surface area contributed by atoms with E-state index < -0.39 is 11.6 Å². The van der Waals surface area contributed by atoms with Crippen molar-refractivity contribution in [3.63, 3.8) is 0 Å². The summed E-state index contributed by atoms with van der Waals surface area (Å²) in [6.07, 6.45) is 1.35. The second kappa shape index (κ2) is 6.41. The summed E-state index contributed by atoms with van der Waals surface area (Å²) in [6, 6.07) is 3.65. The number of hydrogen-bond acceptors (Lipinski definition) is 5. The van der Waals surface area contributed by atoms with E-state index in [0.717, 1.165) is 16.7 Å². The van der Waals surface area contributed by atoms with E-state index in [0.29, 0.717) is 12.4 Å². The molecule has 0 fully saturated rings. The van der Waals surface area contributed by atoms with E-state index >= 15 is 0 Å². The van der Waals surface area contributed by atoms with E-state index in [2.05, 4.69) is 5.16 Å². The van der Waals surface area contributed by atoms with Crippen LogP contribution in [0.3, 0.4) is 0 Å². The van der Waals surface area contributed by atoms with E-state index in [1.54, 1.807) is 20.8 Å². The highest BCUT2D eigenvalue weighted by molar-refractivity contribution is 5.81. The van der Waals surface area contributed by atoms with Gasteiger partial charge in [-0.1, -0.05) is 5.16 Å². The second-order valence-electron chi connectivity index (χ2n) is 5.06. The Bertz CT molecular complexity index is 498. The fraction of sp³-hybridized carbons (Fsp3) is 0.467. The molecule has 1 N–H and O–H groups in total. The molecule has 5 nitrogen and oxygen atoms in total. The lowest BCUT2D eigenvalue weighted by atomic mass is 10.0. The zero-order valence-electron chi connectivity index (χ0n) is 12.6. The molecule has 110 valence electrons. The van der Waals surface area contributed by atoms with Crippen molar-refractivity contribution in [1.82, 2.24) is 0 Å². The van der Waals surface area contributed by atoms with Crippen molar-refractivity contribution in [3.8, 4) is 5.75 Å². The van der Waals surface area contributed by atoms with Crippen LogP contribution >= 0.6 is 0 Å². The van der Waals surface area contributed by atoms with Gasteiger partial charge in [0, 0.05) is 0 Å². The van der Waals surface area contributed by atoms with Crippen molar-refractivity contribution in [1.29, 1.82) is 0 Å².